The smallest absolute Gasteiger partial charge is 0.319 e. The Hall–Kier alpha value is -2.47. The van der Waals surface area contributed by atoms with Crippen LogP contribution in [0.1, 0.15) is 22.8 Å². The Balaban J connectivity index is 1.95. The van der Waals surface area contributed by atoms with Crippen LogP contribution in [0, 0.1) is 6.92 Å². The van der Waals surface area contributed by atoms with Crippen LogP contribution in [-0.2, 0) is 9.53 Å². The van der Waals surface area contributed by atoms with E-state index in [1.165, 1.54) is 26.0 Å². The molecule has 0 unspecified atom stereocenters. The molecule has 0 amide bonds. The summed E-state index contributed by atoms with van der Waals surface area (Å²) in [5.41, 5.74) is 1.47. The van der Waals surface area contributed by atoms with Crippen LogP contribution in [0.25, 0.3) is 0 Å². The van der Waals surface area contributed by atoms with Crippen molar-refractivity contribution in [1.82, 2.24) is 0 Å². The normalized spacial score (nSPS) is 11.5. The maximum Gasteiger partial charge on any atom is 0.319 e. The Morgan fingerprint density at radius 3 is 2.35 bits per heavy atom. The van der Waals surface area contributed by atoms with Crippen molar-refractivity contribution in [3.8, 4) is 11.5 Å². The van der Waals surface area contributed by atoms with Gasteiger partial charge in [-0.05, 0) is 44.2 Å². The average Bonchev–Trinajstić information content (AvgIpc) is 2.66. The molecule has 0 radical (unpaired) electrons. The zero-order valence-electron chi connectivity index (χ0n) is 15.3. The minimum atomic E-state index is -0.439. The lowest BCUT2D eigenvalue weighted by Gasteiger charge is -2.12. The van der Waals surface area contributed by atoms with Crippen LogP contribution < -0.4 is 9.47 Å². The van der Waals surface area contributed by atoms with Gasteiger partial charge in [-0.25, -0.2) is 0 Å². The van der Waals surface area contributed by atoms with Gasteiger partial charge in [0.2, 0.25) is 5.78 Å². The number of rotatable bonds is 8. The van der Waals surface area contributed by atoms with Crippen molar-refractivity contribution in [2.75, 3.05) is 20.8 Å². The summed E-state index contributed by atoms with van der Waals surface area (Å²) in [6.07, 6.45) is 0. The first-order valence-corrected chi connectivity index (χ1v) is 8.97. The highest BCUT2D eigenvalue weighted by Crippen LogP contribution is 2.26. The van der Waals surface area contributed by atoms with Crippen molar-refractivity contribution in [2.24, 2.45) is 0 Å². The quantitative estimate of drug-likeness (QED) is 0.396. The van der Waals surface area contributed by atoms with Gasteiger partial charge in [-0.1, -0.05) is 17.7 Å². The summed E-state index contributed by atoms with van der Waals surface area (Å²) in [5, 5.41) is -0.419. The highest BCUT2D eigenvalue weighted by molar-refractivity contribution is 8.00. The summed E-state index contributed by atoms with van der Waals surface area (Å²) in [6.45, 7) is 3.41. The molecule has 0 aromatic heterocycles. The number of benzene rings is 2. The van der Waals surface area contributed by atoms with E-state index in [9.17, 15) is 9.59 Å². The summed E-state index contributed by atoms with van der Waals surface area (Å²) >= 11 is 1.39. The molecule has 2 aromatic rings. The molecule has 0 aliphatic carbocycles. The van der Waals surface area contributed by atoms with E-state index < -0.39 is 11.2 Å². The Bertz CT molecular complexity index is 770. The van der Waals surface area contributed by atoms with Gasteiger partial charge in [0, 0.05) is 4.90 Å². The summed E-state index contributed by atoms with van der Waals surface area (Å²) in [7, 11) is 2.99. The van der Waals surface area contributed by atoms with Gasteiger partial charge in [0.05, 0.1) is 19.8 Å². The summed E-state index contributed by atoms with van der Waals surface area (Å²) in [5.74, 6) is 0.158. The molecule has 0 heterocycles. The van der Waals surface area contributed by atoms with Crippen molar-refractivity contribution < 1.29 is 23.8 Å². The molecule has 0 fully saturated rings. The molecular formula is C20H22O5S. The van der Waals surface area contributed by atoms with Gasteiger partial charge >= 0.3 is 5.97 Å². The Morgan fingerprint density at radius 1 is 1.04 bits per heavy atom. The number of aryl methyl sites for hydroxylation is 1. The number of esters is 1. The van der Waals surface area contributed by atoms with Crippen molar-refractivity contribution in [3.63, 3.8) is 0 Å². The first-order valence-electron chi connectivity index (χ1n) is 8.09. The van der Waals surface area contributed by atoms with Gasteiger partial charge in [0.25, 0.3) is 0 Å². The number of hydrogen-bond donors (Lipinski definition) is 0. The lowest BCUT2D eigenvalue weighted by atomic mass is 10.1. The van der Waals surface area contributed by atoms with Crippen LogP contribution in [0.4, 0.5) is 0 Å². The molecule has 1 atom stereocenters. The molecule has 0 saturated heterocycles. The van der Waals surface area contributed by atoms with Gasteiger partial charge in [0.15, 0.2) is 6.61 Å². The number of hydrogen-bond acceptors (Lipinski definition) is 6. The third-order valence-corrected chi connectivity index (χ3v) is 4.81. The van der Waals surface area contributed by atoms with Gasteiger partial charge in [-0.2, -0.15) is 0 Å². The fourth-order valence-corrected chi connectivity index (χ4v) is 3.10. The zero-order chi connectivity index (χ0) is 19.1. The van der Waals surface area contributed by atoms with Crippen LogP contribution in [0.3, 0.4) is 0 Å². The Morgan fingerprint density at radius 2 is 1.73 bits per heavy atom. The van der Waals surface area contributed by atoms with E-state index in [4.69, 9.17) is 14.2 Å². The lowest BCUT2D eigenvalue weighted by molar-refractivity contribution is -0.141. The highest BCUT2D eigenvalue weighted by Gasteiger charge is 2.20. The van der Waals surface area contributed by atoms with Crippen molar-refractivity contribution >= 4 is 23.5 Å². The number of ether oxygens (including phenoxy) is 3. The van der Waals surface area contributed by atoms with Crippen LogP contribution in [0.15, 0.2) is 47.4 Å². The van der Waals surface area contributed by atoms with Gasteiger partial charge in [0.1, 0.15) is 16.7 Å². The molecule has 0 N–H and O–H groups in total. The first-order chi connectivity index (χ1) is 12.4. The first kappa shape index (κ1) is 19.8. The predicted molar refractivity (Wildman–Crippen MR) is 101 cm³/mol. The molecule has 6 heteroatoms. The summed E-state index contributed by atoms with van der Waals surface area (Å²) in [6, 6.07) is 12.8. The number of carbonyl (C=O) groups is 2. The number of methoxy groups -OCH3 is 2. The number of thioether (sulfide) groups is 1. The molecule has 0 saturated carbocycles. The molecule has 138 valence electrons. The highest BCUT2D eigenvalue weighted by atomic mass is 32.2. The molecule has 2 rings (SSSR count). The molecule has 5 nitrogen and oxygen atoms in total. The van der Waals surface area contributed by atoms with E-state index in [-0.39, 0.29) is 12.4 Å². The van der Waals surface area contributed by atoms with E-state index >= 15 is 0 Å². The minimum Gasteiger partial charge on any atom is -0.497 e. The second-order valence-corrected chi connectivity index (χ2v) is 7.08. The van der Waals surface area contributed by atoms with Crippen molar-refractivity contribution in [3.05, 3.63) is 53.6 Å². The van der Waals surface area contributed by atoms with E-state index in [2.05, 4.69) is 0 Å². The number of carbonyl (C=O) groups excluding carboxylic acids is 2. The lowest BCUT2D eigenvalue weighted by Crippen LogP contribution is -2.21. The molecule has 0 bridgehead atoms. The molecule has 0 spiro atoms. The molecule has 0 aliphatic rings. The van der Waals surface area contributed by atoms with E-state index in [0.29, 0.717) is 17.1 Å². The Labute approximate surface area is 157 Å². The number of ketones is 1. The second-order valence-electron chi connectivity index (χ2n) is 5.67. The fraction of sp³-hybridized carbons (Fsp3) is 0.300. The van der Waals surface area contributed by atoms with E-state index in [1.807, 2.05) is 31.2 Å². The monoisotopic (exact) mass is 374 g/mol. The average molecular weight is 374 g/mol. The summed E-state index contributed by atoms with van der Waals surface area (Å²) < 4.78 is 15.5. The van der Waals surface area contributed by atoms with E-state index in [0.717, 1.165) is 10.5 Å². The fourth-order valence-electron chi connectivity index (χ4n) is 2.23. The predicted octanol–water partition coefficient (Wildman–Crippen LogP) is 3.92. The zero-order valence-corrected chi connectivity index (χ0v) is 16.1. The molecule has 2 aromatic carbocycles. The number of Topliss-reactive ketones (excluding diaryl/α,β-unsaturated/α-hetero) is 1. The SMILES string of the molecule is COc1ccc(OC)c(C(=O)COC(=O)[C@H](C)Sc2ccc(C)cc2)c1. The van der Waals surface area contributed by atoms with Gasteiger partial charge < -0.3 is 14.2 Å². The third kappa shape index (κ3) is 5.26. The molecule has 26 heavy (non-hydrogen) atoms. The molecule has 0 aliphatic heterocycles. The van der Waals surface area contributed by atoms with Crippen LogP contribution in [-0.4, -0.2) is 37.8 Å². The maximum absolute atomic E-state index is 12.4. The van der Waals surface area contributed by atoms with E-state index in [1.54, 1.807) is 25.1 Å². The molecular weight excluding hydrogens is 352 g/mol. The summed E-state index contributed by atoms with van der Waals surface area (Å²) in [4.78, 5) is 25.5. The third-order valence-electron chi connectivity index (χ3n) is 3.72. The van der Waals surface area contributed by atoms with Gasteiger partial charge in [-0.15, -0.1) is 11.8 Å². The second kappa shape index (κ2) is 9.29. The van der Waals surface area contributed by atoms with Crippen molar-refractivity contribution in [1.29, 1.82) is 0 Å². The maximum atomic E-state index is 12.4. The van der Waals surface area contributed by atoms with Crippen LogP contribution in [0.5, 0.6) is 11.5 Å². The Kier molecular flexibility index (Phi) is 7.09. The van der Waals surface area contributed by atoms with Crippen LogP contribution in [0.2, 0.25) is 0 Å². The standard InChI is InChI=1S/C20H22O5S/c1-13-5-8-16(9-6-13)26-14(2)20(22)25-12-18(21)17-11-15(23-3)7-10-19(17)24-4/h5-11,14H,12H2,1-4H3/t14-/m0/s1. The van der Waals surface area contributed by atoms with Crippen LogP contribution >= 0.6 is 11.8 Å². The minimum absolute atomic E-state index is 0.318. The van der Waals surface area contributed by atoms with Gasteiger partial charge in [-0.3, -0.25) is 9.59 Å². The van der Waals surface area contributed by atoms with Crippen molar-refractivity contribution in [2.45, 2.75) is 24.0 Å². The largest absolute Gasteiger partial charge is 0.497 e. The topological polar surface area (TPSA) is 61.8 Å².